The number of hydrogen-bond donors (Lipinski definition) is 4. The molecule has 0 radical (unpaired) electrons. The molecular weight excluding hydrogens is 550 g/mol. The van der Waals surface area contributed by atoms with Crippen LogP contribution in [0.1, 0.15) is 85.6 Å². The molecule has 10 nitrogen and oxygen atoms in total. The molecule has 4 atom stereocenters. The predicted octanol–water partition coefficient (Wildman–Crippen LogP) is 4.20. The lowest BCUT2D eigenvalue weighted by molar-refractivity contribution is -0.141. The Labute approximate surface area is 253 Å². The number of aromatic hydroxyl groups is 1. The van der Waals surface area contributed by atoms with Crippen molar-refractivity contribution in [2.45, 2.75) is 70.3 Å². The Hall–Kier alpha value is -3.50. The number of cyclic esters (lactones) is 1. The van der Waals surface area contributed by atoms with E-state index in [2.05, 4.69) is 10.6 Å². The van der Waals surface area contributed by atoms with E-state index in [-0.39, 0.29) is 42.9 Å². The van der Waals surface area contributed by atoms with Gasteiger partial charge in [0.15, 0.2) is 23.0 Å². The Morgan fingerprint density at radius 3 is 2.40 bits per heavy atom. The van der Waals surface area contributed by atoms with Crippen LogP contribution in [0, 0.1) is 18.8 Å². The maximum absolute atomic E-state index is 13.3. The zero-order valence-electron chi connectivity index (χ0n) is 25.3. The molecule has 1 unspecified atom stereocenters. The van der Waals surface area contributed by atoms with E-state index in [1.165, 1.54) is 39.2 Å². The molecule has 5 N–H and O–H groups in total. The van der Waals surface area contributed by atoms with Crippen LogP contribution in [0.15, 0.2) is 24.3 Å². The third-order valence-electron chi connectivity index (χ3n) is 8.96. The summed E-state index contributed by atoms with van der Waals surface area (Å²) in [4.78, 5) is 26.5. The summed E-state index contributed by atoms with van der Waals surface area (Å²) in [6.45, 7) is 4.37. The van der Waals surface area contributed by atoms with E-state index in [9.17, 15) is 14.7 Å². The van der Waals surface area contributed by atoms with Crippen molar-refractivity contribution < 1.29 is 33.6 Å². The van der Waals surface area contributed by atoms with Crippen LogP contribution in [0.5, 0.6) is 23.0 Å². The van der Waals surface area contributed by atoms with E-state index < -0.39 is 12.0 Å². The number of esters is 1. The van der Waals surface area contributed by atoms with Crippen molar-refractivity contribution in [1.82, 2.24) is 10.6 Å². The number of fused-ring (bicyclic) bond motifs is 3. The molecule has 0 saturated carbocycles. The lowest BCUT2D eigenvalue weighted by Crippen LogP contribution is -2.43. The normalized spacial score (nSPS) is 21.7. The van der Waals surface area contributed by atoms with Crippen LogP contribution in [0.2, 0.25) is 0 Å². The Bertz CT molecular complexity index is 1300. The first-order valence-electron chi connectivity index (χ1n) is 15.6. The van der Waals surface area contributed by atoms with Crippen LogP contribution in [-0.4, -0.2) is 57.1 Å². The quantitative estimate of drug-likeness (QED) is 0.176. The molecule has 0 spiro atoms. The molecule has 1 aliphatic carbocycles. The van der Waals surface area contributed by atoms with Crippen LogP contribution < -0.4 is 30.6 Å². The fraction of sp³-hybridized carbons (Fsp3) is 0.576. The van der Waals surface area contributed by atoms with Crippen LogP contribution in [-0.2, 0) is 14.3 Å². The van der Waals surface area contributed by atoms with E-state index in [1.807, 2.05) is 18.2 Å². The smallest absolute Gasteiger partial charge is 0.310 e. The predicted molar refractivity (Wildman–Crippen MR) is 161 cm³/mol. The summed E-state index contributed by atoms with van der Waals surface area (Å²) in [6, 6.07) is 7.07. The molecule has 10 heteroatoms. The number of hydrogen-bond acceptors (Lipinski definition) is 9. The molecule has 2 aromatic carbocycles. The van der Waals surface area contributed by atoms with Gasteiger partial charge >= 0.3 is 5.97 Å². The topological polar surface area (TPSA) is 141 Å². The molecule has 2 aliphatic heterocycles. The molecule has 0 aromatic heterocycles. The summed E-state index contributed by atoms with van der Waals surface area (Å²) >= 11 is 0. The standard InChI is InChI=1S/C33H45N3O7/c1-20-14-21(15-27(40-2)32(20)38)29-22-16-25-26(43-19-42-25)17-23(22)31(24-18-41-33(39)30(24)29)36-28(37)10-13-35-12-9-7-5-3-4-6-8-11-34/h14-17,24,29-31,35,38H,3-13,18-19,34H2,1-2H3,(H,36,37)/t24-,29?,30-,31+/m0/s1. The maximum Gasteiger partial charge on any atom is 0.310 e. The Kier molecular flexibility index (Phi) is 10.3. The minimum Gasteiger partial charge on any atom is -0.504 e. The van der Waals surface area contributed by atoms with Gasteiger partial charge in [-0.05, 0) is 73.3 Å². The van der Waals surface area contributed by atoms with Gasteiger partial charge in [0.1, 0.15) is 0 Å². The molecule has 1 saturated heterocycles. The van der Waals surface area contributed by atoms with Crippen molar-refractivity contribution in [2.24, 2.45) is 17.6 Å². The van der Waals surface area contributed by atoms with Gasteiger partial charge in [0, 0.05) is 24.8 Å². The fourth-order valence-electron chi connectivity index (χ4n) is 6.71. The molecule has 5 rings (SSSR count). The number of ether oxygens (including phenoxy) is 4. The van der Waals surface area contributed by atoms with Crippen molar-refractivity contribution in [3.05, 3.63) is 46.5 Å². The molecule has 3 aliphatic rings. The van der Waals surface area contributed by atoms with Gasteiger partial charge in [0.05, 0.1) is 25.7 Å². The molecule has 43 heavy (non-hydrogen) atoms. The van der Waals surface area contributed by atoms with Gasteiger partial charge in [-0.25, -0.2) is 0 Å². The van der Waals surface area contributed by atoms with E-state index in [0.29, 0.717) is 35.8 Å². The highest BCUT2D eigenvalue weighted by molar-refractivity contribution is 5.81. The number of amides is 1. The van der Waals surface area contributed by atoms with E-state index >= 15 is 0 Å². The Morgan fingerprint density at radius 1 is 0.977 bits per heavy atom. The minimum atomic E-state index is -0.528. The number of nitrogens with two attached hydrogens (primary N) is 1. The first-order valence-corrected chi connectivity index (χ1v) is 15.6. The molecule has 2 aromatic rings. The van der Waals surface area contributed by atoms with Crippen LogP contribution >= 0.6 is 0 Å². The lowest BCUT2D eigenvalue weighted by Gasteiger charge is -2.39. The zero-order valence-corrected chi connectivity index (χ0v) is 25.3. The Morgan fingerprint density at radius 2 is 1.67 bits per heavy atom. The average molecular weight is 596 g/mol. The number of aryl methyl sites for hydroxylation is 1. The molecule has 2 heterocycles. The summed E-state index contributed by atoms with van der Waals surface area (Å²) in [7, 11) is 1.50. The molecule has 0 bridgehead atoms. The second-order valence-electron chi connectivity index (χ2n) is 11.8. The highest BCUT2D eigenvalue weighted by atomic mass is 16.7. The van der Waals surface area contributed by atoms with Gasteiger partial charge in [0.25, 0.3) is 0 Å². The van der Waals surface area contributed by atoms with Gasteiger partial charge in [-0.3, -0.25) is 9.59 Å². The SMILES string of the molecule is COc1cc(C2c3cc4c(cc3[C@@H](NC(=O)CCNCCCCCCCCCN)[C@H]3COC(=O)[C@H]23)OCO4)cc(C)c1O. The highest BCUT2D eigenvalue weighted by Crippen LogP contribution is 2.55. The number of benzene rings is 2. The number of methoxy groups -OCH3 is 1. The van der Waals surface area contributed by atoms with Crippen LogP contribution in [0.3, 0.4) is 0 Å². The second kappa shape index (κ2) is 14.3. The van der Waals surface area contributed by atoms with E-state index in [4.69, 9.17) is 24.7 Å². The van der Waals surface area contributed by atoms with Gasteiger partial charge in [-0.15, -0.1) is 0 Å². The number of nitrogens with one attached hydrogen (secondary N) is 2. The zero-order chi connectivity index (χ0) is 30.3. The summed E-state index contributed by atoms with van der Waals surface area (Å²) in [6.07, 6.45) is 8.66. The number of carbonyl (C=O) groups excluding carboxylic acids is 2. The average Bonchev–Trinajstić information content (AvgIpc) is 3.62. The van der Waals surface area contributed by atoms with Gasteiger partial charge in [-0.1, -0.05) is 38.2 Å². The van der Waals surface area contributed by atoms with E-state index in [0.717, 1.165) is 42.6 Å². The largest absolute Gasteiger partial charge is 0.504 e. The van der Waals surface area contributed by atoms with E-state index in [1.54, 1.807) is 13.0 Å². The Balaban J connectivity index is 1.29. The van der Waals surface area contributed by atoms with Crippen molar-refractivity contribution in [3.8, 4) is 23.0 Å². The summed E-state index contributed by atoms with van der Waals surface area (Å²) in [5, 5.41) is 17.1. The minimum absolute atomic E-state index is 0.0654. The van der Waals surface area contributed by atoms with Crippen molar-refractivity contribution in [1.29, 1.82) is 0 Å². The molecular formula is C33H45N3O7. The molecule has 1 amide bonds. The van der Waals surface area contributed by atoms with Crippen molar-refractivity contribution in [3.63, 3.8) is 0 Å². The van der Waals surface area contributed by atoms with Crippen LogP contribution in [0.4, 0.5) is 0 Å². The number of phenols is 1. The first kappa shape index (κ1) is 30.9. The van der Waals surface area contributed by atoms with Gasteiger partial charge in [-0.2, -0.15) is 0 Å². The lowest BCUT2D eigenvalue weighted by atomic mass is 9.65. The van der Waals surface area contributed by atoms with Crippen molar-refractivity contribution in [2.75, 3.05) is 40.1 Å². The number of carbonyl (C=O) groups is 2. The number of phenolic OH excluding ortho intramolecular Hbond substituents is 1. The summed E-state index contributed by atoms with van der Waals surface area (Å²) in [5.74, 6) is 0.0479. The van der Waals surface area contributed by atoms with Crippen molar-refractivity contribution >= 4 is 11.9 Å². The third kappa shape index (κ3) is 6.86. The van der Waals surface area contributed by atoms with Gasteiger partial charge < -0.3 is 40.4 Å². The fourth-order valence-corrected chi connectivity index (χ4v) is 6.71. The van der Waals surface area contributed by atoms with Gasteiger partial charge in [0.2, 0.25) is 12.7 Å². The maximum atomic E-state index is 13.3. The number of rotatable bonds is 15. The summed E-state index contributed by atoms with van der Waals surface area (Å²) < 4.78 is 22.5. The highest BCUT2D eigenvalue weighted by Gasteiger charge is 2.53. The number of unbranched alkanes of at least 4 members (excludes halogenated alkanes) is 6. The molecule has 234 valence electrons. The monoisotopic (exact) mass is 595 g/mol. The second-order valence-corrected chi connectivity index (χ2v) is 11.8. The third-order valence-corrected chi connectivity index (χ3v) is 8.96. The molecule has 1 fully saturated rings. The summed E-state index contributed by atoms with van der Waals surface area (Å²) in [5.41, 5.74) is 8.76. The first-order chi connectivity index (χ1) is 20.9. The van der Waals surface area contributed by atoms with Crippen LogP contribution in [0.25, 0.3) is 0 Å².